The minimum atomic E-state index is -3.42. The van der Waals surface area contributed by atoms with Crippen molar-refractivity contribution in [3.8, 4) is 5.75 Å². The molecule has 1 aromatic rings. The Balaban J connectivity index is 2.55. The first kappa shape index (κ1) is 12.5. The van der Waals surface area contributed by atoms with Crippen molar-refractivity contribution in [1.29, 1.82) is 0 Å². The molecule has 1 aromatic carbocycles. The number of benzene rings is 1. The summed E-state index contributed by atoms with van der Waals surface area (Å²) in [5, 5.41) is 9.43. The summed E-state index contributed by atoms with van der Waals surface area (Å²) in [4.78, 5) is 0. The van der Waals surface area contributed by atoms with Gasteiger partial charge in [-0.05, 0) is 12.1 Å². The molecule has 0 saturated heterocycles. The Kier molecular flexibility index (Phi) is 3.20. The molecule has 94 valence electrons. The number of halogens is 1. The molecular weight excluding hydrogens is 266 g/mol. The van der Waals surface area contributed by atoms with Crippen molar-refractivity contribution in [1.82, 2.24) is 0 Å². The van der Waals surface area contributed by atoms with Gasteiger partial charge in [-0.15, -0.1) is 0 Å². The molecule has 1 aliphatic rings. The highest BCUT2D eigenvalue weighted by molar-refractivity contribution is 7.92. The molecule has 0 aliphatic carbocycles. The summed E-state index contributed by atoms with van der Waals surface area (Å²) in [5.74, 6) is 0.296. The lowest BCUT2D eigenvalue weighted by Gasteiger charge is -2.34. The lowest BCUT2D eigenvalue weighted by atomic mass is 10.2. The zero-order chi connectivity index (χ0) is 12.6. The van der Waals surface area contributed by atoms with E-state index in [0.29, 0.717) is 16.5 Å². The summed E-state index contributed by atoms with van der Waals surface area (Å²) in [5.41, 5.74) is 0.407. The van der Waals surface area contributed by atoms with Crippen LogP contribution in [0.1, 0.15) is 0 Å². The minimum absolute atomic E-state index is 0.0860. The van der Waals surface area contributed by atoms with E-state index in [4.69, 9.17) is 21.4 Å². The largest absolute Gasteiger partial charge is 0.482 e. The van der Waals surface area contributed by atoms with Crippen LogP contribution in [0.3, 0.4) is 0 Å². The van der Waals surface area contributed by atoms with E-state index in [1.807, 2.05) is 0 Å². The molecule has 0 bridgehead atoms. The number of para-hydroxylation sites is 1. The topological polar surface area (TPSA) is 66.8 Å². The highest BCUT2D eigenvalue weighted by Crippen LogP contribution is 2.40. The van der Waals surface area contributed by atoms with Crippen molar-refractivity contribution in [2.75, 3.05) is 23.7 Å². The SMILES string of the molecule is CS(=O)(=O)N1CC(CO)Oc2c(Cl)cccc21. The molecule has 1 unspecified atom stereocenters. The molecule has 17 heavy (non-hydrogen) atoms. The molecule has 5 nitrogen and oxygen atoms in total. The van der Waals surface area contributed by atoms with Crippen molar-refractivity contribution in [3.63, 3.8) is 0 Å². The van der Waals surface area contributed by atoms with Crippen LogP contribution in [0, 0.1) is 0 Å². The third-order valence-electron chi connectivity index (χ3n) is 2.47. The monoisotopic (exact) mass is 277 g/mol. The number of aliphatic hydroxyl groups is 1. The van der Waals surface area contributed by atoms with Crippen LogP contribution in [0.25, 0.3) is 0 Å². The first-order valence-electron chi connectivity index (χ1n) is 4.97. The van der Waals surface area contributed by atoms with Crippen LogP contribution in [-0.4, -0.2) is 39.0 Å². The minimum Gasteiger partial charge on any atom is -0.482 e. The number of nitrogens with zero attached hydrogens (tertiary/aromatic N) is 1. The lowest BCUT2D eigenvalue weighted by Crippen LogP contribution is -2.44. The van der Waals surface area contributed by atoms with Gasteiger partial charge in [0.05, 0.1) is 30.1 Å². The van der Waals surface area contributed by atoms with Gasteiger partial charge in [-0.25, -0.2) is 8.42 Å². The Morgan fingerprint density at radius 2 is 2.29 bits per heavy atom. The quantitative estimate of drug-likeness (QED) is 0.871. The second-order valence-electron chi connectivity index (χ2n) is 3.80. The van der Waals surface area contributed by atoms with E-state index in [9.17, 15) is 8.42 Å². The van der Waals surface area contributed by atoms with Crippen LogP contribution >= 0.6 is 11.6 Å². The molecule has 0 saturated carbocycles. The van der Waals surface area contributed by atoms with Crippen molar-refractivity contribution < 1.29 is 18.3 Å². The van der Waals surface area contributed by atoms with Gasteiger partial charge >= 0.3 is 0 Å². The number of anilines is 1. The first-order chi connectivity index (χ1) is 7.93. The van der Waals surface area contributed by atoms with Crippen LogP contribution < -0.4 is 9.04 Å². The maximum Gasteiger partial charge on any atom is 0.232 e. The van der Waals surface area contributed by atoms with E-state index < -0.39 is 16.1 Å². The van der Waals surface area contributed by atoms with E-state index in [1.54, 1.807) is 18.2 Å². The van der Waals surface area contributed by atoms with Crippen LogP contribution in [-0.2, 0) is 10.0 Å². The van der Waals surface area contributed by atoms with Crippen LogP contribution in [0.2, 0.25) is 5.02 Å². The summed E-state index contributed by atoms with van der Waals surface area (Å²) in [7, 11) is -3.42. The molecule has 1 N–H and O–H groups in total. The van der Waals surface area contributed by atoms with Crippen LogP contribution in [0.5, 0.6) is 5.75 Å². The summed E-state index contributed by atoms with van der Waals surface area (Å²) >= 11 is 5.95. The Bertz CT molecular complexity index is 531. The normalized spacial score (nSPS) is 19.7. The Morgan fingerprint density at radius 3 is 2.88 bits per heavy atom. The maximum atomic E-state index is 11.7. The van der Waals surface area contributed by atoms with E-state index in [-0.39, 0.29) is 13.2 Å². The molecule has 1 aliphatic heterocycles. The van der Waals surface area contributed by atoms with Gasteiger partial charge in [-0.1, -0.05) is 17.7 Å². The Hall–Kier alpha value is -0.980. The predicted molar refractivity (Wildman–Crippen MR) is 65.1 cm³/mol. The molecule has 0 radical (unpaired) electrons. The van der Waals surface area contributed by atoms with Crippen molar-refractivity contribution in [3.05, 3.63) is 23.2 Å². The van der Waals surface area contributed by atoms with Crippen molar-refractivity contribution in [2.45, 2.75) is 6.10 Å². The van der Waals surface area contributed by atoms with Gasteiger partial charge in [0.2, 0.25) is 10.0 Å². The Labute approximate surface area is 105 Å². The van der Waals surface area contributed by atoms with Gasteiger partial charge in [0, 0.05) is 0 Å². The lowest BCUT2D eigenvalue weighted by molar-refractivity contribution is 0.116. The zero-order valence-corrected chi connectivity index (χ0v) is 10.7. The van der Waals surface area contributed by atoms with Gasteiger partial charge in [0.1, 0.15) is 6.10 Å². The fraction of sp³-hybridized carbons (Fsp3) is 0.400. The van der Waals surface area contributed by atoms with Crippen molar-refractivity contribution >= 4 is 27.3 Å². The molecule has 1 heterocycles. The Morgan fingerprint density at radius 1 is 1.59 bits per heavy atom. The average Bonchev–Trinajstić information content (AvgIpc) is 2.27. The number of hydrogen-bond donors (Lipinski definition) is 1. The molecule has 0 amide bonds. The molecule has 1 atom stereocenters. The number of hydrogen-bond acceptors (Lipinski definition) is 4. The van der Waals surface area contributed by atoms with Gasteiger partial charge < -0.3 is 9.84 Å². The average molecular weight is 278 g/mol. The van der Waals surface area contributed by atoms with Gasteiger partial charge in [0.15, 0.2) is 5.75 Å². The zero-order valence-electron chi connectivity index (χ0n) is 9.13. The van der Waals surface area contributed by atoms with E-state index >= 15 is 0 Å². The number of fused-ring (bicyclic) bond motifs is 1. The molecular formula is C10H12ClNO4S. The van der Waals surface area contributed by atoms with Gasteiger partial charge in [0.25, 0.3) is 0 Å². The summed E-state index contributed by atoms with van der Waals surface area (Å²) in [6.45, 7) is -0.181. The molecule has 7 heteroatoms. The molecule has 0 spiro atoms. The second kappa shape index (κ2) is 4.36. The smallest absolute Gasteiger partial charge is 0.232 e. The highest BCUT2D eigenvalue weighted by atomic mass is 35.5. The van der Waals surface area contributed by atoms with Gasteiger partial charge in [-0.3, -0.25) is 4.31 Å². The van der Waals surface area contributed by atoms with Crippen LogP contribution in [0.15, 0.2) is 18.2 Å². The number of rotatable bonds is 2. The molecule has 2 rings (SSSR count). The number of ether oxygens (including phenoxy) is 1. The summed E-state index contributed by atoms with van der Waals surface area (Å²) < 4.78 is 30.0. The first-order valence-corrected chi connectivity index (χ1v) is 7.20. The molecule has 0 fully saturated rings. The number of aliphatic hydroxyl groups excluding tert-OH is 1. The maximum absolute atomic E-state index is 11.7. The van der Waals surface area contributed by atoms with E-state index in [1.165, 1.54) is 4.31 Å². The van der Waals surface area contributed by atoms with E-state index in [2.05, 4.69) is 0 Å². The van der Waals surface area contributed by atoms with E-state index in [0.717, 1.165) is 6.26 Å². The fourth-order valence-electron chi connectivity index (χ4n) is 1.71. The number of sulfonamides is 1. The van der Waals surface area contributed by atoms with Crippen LogP contribution in [0.4, 0.5) is 5.69 Å². The summed E-state index contributed by atoms with van der Waals surface area (Å²) in [6.07, 6.45) is 0.509. The fourth-order valence-corrected chi connectivity index (χ4v) is 2.86. The third-order valence-corrected chi connectivity index (χ3v) is 3.92. The van der Waals surface area contributed by atoms with Gasteiger partial charge in [-0.2, -0.15) is 0 Å². The predicted octanol–water partition coefficient (Wildman–Crippen LogP) is 0.859. The summed E-state index contributed by atoms with van der Waals surface area (Å²) in [6, 6.07) is 4.89. The molecule has 0 aromatic heterocycles. The highest BCUT2D eigenvalue weighted by Gasteiger charge is 2.31. The standard InChI is InChI=1S/C10H12ClNO4S/c1-17(14,15)12-5-7(6-13)16-10-8(11)3-2-4-9(10)12/h2-4,7,13H,5-6H2,1H3. The third kappa shape index (κ3) is 2.34. The second-order valence-corrected chi connectivity index (χ2v) is 6.12. The van der Waals surface area contributed by atoms with Crippen molar-refractivity contribution in [2.24, 2.45) is 0 Å².